The van der Waals surface area contributed by atoms with Crippen molar-refractivity contribution in [2.75, 3.05) is 26.7 Å². The maximum absolute atomic E-state index is 8.79. The third-order valence-corrected chi connectivity index (χ3v) is 4.22. The summed E-state index contributed by atoms with van der Waals surface area (Å²) in [5.41, 5.74) is 3.14. The van der Waals surface area contributed by atoms with Crippen LogP contribution in [0.15, 0.2) is 24.3 Å². The van der Waals surface area contributed by atoms with Crippen molar-refractivity contribution in [3.8, 4) is 0 Å². The topological polar surface area (TPSA) is 23.5 Å². The highest BCUT2D eigenvalue weighted by Crippen LogP contribution is 2.31. The first-order valence-corrected chi connectivity index (χ1v) is 7.68. The molecular weight excluding hydrogens is 234 g/mol. The molecular formula is C17H27NO. The molecule has 1 atom stereocenters. The third kappa shape index (κ3) is 4.32. The molecule has 0 amide bonds. The van der Waals surface area contributed by atoms with Crippen molar-refractivity contribution in [1.29, 1.82) is 0 Å². The van der Waals surface area contributed by atoms with Crippen LogP contribution >= 0.6 is 0 Å². The average Bonchev–Trinajstić information content (AvgIpc) is 2.44. The van der Waals surface area contributed by atoms with Crippen LogP contribution < -0.4 is 0 Å². The van der Waals surface area contributed by atoms with Crippen molar-refractivity contribution in [1.82, 2.24) is 4.90 Å². The minimum atomic E-state index is 0.333. The summed E-state index contributed by atoms with van der Waals surface area (Å²) in [4.78, 5) is 2.46. The summed E-state index contributed by atoms with van der Waals surface area (Å²) in [5, 5.41) is 8.79. The first kappa shape index (κ1) is 14.5. The highest BCUT2D eigenvalue weighted by molar-refractivity contribution is 5.32. The number of fused-ring (bicyclic) bond motifs is 1. The largest absolute Gasteiger partial charge is 0.396 e. The standard InChI is InChI=1S/C17H27NO/c1-18(12-5-2-6-13-19)14-16-10-7-9-15-8-3-4-11-17(15)16/h3-4,8,11,16,19H,2,5-7,9-10,12-14H2,1H3. The van der Waals surface area contributed by atoms with Crippen LogP contribution in [0.5, 0.6) is 0 Å². The fraction of sp³-hybridized carbons (Fsp3) is 0.647. The minimum Gasteiger partial charge on any atom is -0.396 e. The molecule has 1 unspecified atom stereocenters. The van der Waals surface area contributed by atoms with Gasteiger partial charge in [0.15, 0.2) is 0 Å². The van der Waals surface area contributed by atoms with Crippen LogP contribution in [0.25, 0.3) is 0 Å². The Bertz CT molecular complexity index is 377. The molecule has 0 saturated carbocycles. The Morgan fingerprint density at radius 1 is 1.21 bits per heavy atom. The van der Waals surface area contributed by atoms with Crippen molar-refractivity contribution < 1.29 is 5.11 Å². The number of hydrogen-bond acceptors (Lipinski definition) is 2. The zero-order valence-electron chi connectivity index (χ0n) is 12.1. The third-order valence-electron chi connectivity index (χ3n) is 4.22. The van der Waals surface area contributed by atoms with Crippen molar-refractivity contribution in [3.63, 3.8) is 0 Å². The second kappa shape index (κ2) is 7.66. The molecule has 0 aromatic heterocycles. The van der Waals surface area contributed by atoms with Gasteiger partial charge in [0.05, 0.1) is 0 Å². The normalized spacial score (nSPS) is 18.6. The molecule has 1 aromatic carbocycles. The van der Waals surface area contributed by atoms with E-state index in [1.54, 1.807) is 11.1 Å². The highest BCUT2D eigenvalue weighted by Gasteiger charge is 2.20. The van der Waals surface area contributed by atoms with Crippen molar-refractivity contribution in [2.45, 2.75) is 44.4 Å². The predicted octanol–water partition coefficient (Wildman–Crippen LogP) is 3.20. The molecule has 0 saturated heterocycles. The summed E-state index contributed by atoms with van der Waals surface area (Å²) in [6, 6.07) is 8.96. The number of nitrogens with zero attached hydrogens (tertiary/aromatic N) is 1. The molecule has 1 aliphatic rings. The summed E-state index contributed by atoms with van der Waals surface area (Å²) in [7, 11) is 2.23. The number of aryl methyl sites for hydroxylation is 1. The molecule has 2 heteroatoms. The monoisotopic (exact) mass is 261 g/mol. The Labute approximate surface area is 117 Å². The summed E-state index contributed by atoms with van der Waals surface area (Å²) in [6.07, 6.45) is 7.21. The van der Waals surface area contributed by atoms with E-state index in [1.165, 1.54) is 32.2 Å². The van der Waals surface area contributed by atoms with Crippen molar-refractivity contribution in [3.05, 3.63) is 35.4 Å². The first-order chi connectivity index (χ1) is 9.31. The maximum Gasteiger partial charge on any atom is 0.0431 e. The summed E-state index contributed by atoms with van der Waals surface area (Å²) in [6.45, 7) is 2.66. The van der Waals surface area contributed by atoms with Crippen LogP contribution in [0, 0.1) is 0 Å². The van der Waals surface area contributed by atoms with Gasteiger partial charge in [-0.25, -0.2) is 0 Å². The van der Waals surface area contributed by atoms with Gasteiger partial charge in [-0.1, -0.05) is 24.3 Å². The number of hydrogen-bond donors (Lipinski definition) is 1. The van der Waals surface area contributed by atoms with Gasteiger partial charge >= 0.3 is 0 Å². The fourth-order valence-corrected chi connectivity index (χ4v) is 3.18. The van der Waals surface area contributed by atoms with Crippen LogP contribution in [0.2, 0.25) is 0 Å². The first-order valence-electron chi connectivity index (χ1n) is 7.68. The SMILES string of the molecule is CN(CCCCCO)CC1CCCc2ccccc21. The Morgan fingerprint density at radius 3 is 2.89 bits per heavy atom. The molecule has 0 bridgehead atoms. The molecule has 1 aromatic rings. The van der Waals surface area contributed by atoms with Gasteiger partial charge in [-0.2, -0.15) is 0 Å². The van der Waals surface area contributed by atoms with E-state index < -0.39 is 0 Å². The molecule has 0 aliphatic heterocycles. The fourth-order valence-electron chi connectivity index (χ4n) is 3.18. The van der Waals surface area contributed by atoms with Crippen LogP contribution in [0.1, 0.15) is 49.1 Å². The van der Waals surface area contributed by atoms with Crippen LogP contribution in [-0.4, -0.2) is 36.8 Å². The molecule has 2 nitrogen and oxygen atoms in total. The van der Waals surface area contributed by atoms with Crippen LogP contribution in [-0.2, 0) is 6.42 Å². The summed E-state index contributed by atoms with van der Waals surface area (Å²) in [5.74, 6) is 0.716. The molecule has 1 N–H and O–H groups in total. The van der Waals surface area contributed by atoms with E-state index in [-0.39, 0.29) is 0 Å². The maximum atomic E-state index is 8.79. The zero-order valence-corrected chi connectivity index (χ0v) is 12.1. The van der Waals surface area contributed by atoms with Gasteiger partial charge < -0.3 is 10.0 Å². The van der Waals surface area contributed by atoms with E-state index in [4.69, 9.17) is 5.11 Å². The predicted molar refractivity (Wildman–Crippen MR) is 80.6 cm³/mol. The Hall–Kier alpha value is -0.860. The number of unbranched alkanes of at least 4 members (excludes halogenated alkanes) is 2. The molecule has 2 rings (SSSR count). The lowest BCUT2D eigenvalue weighted by Crippen LogP contribution is -2.27. The van der Waals surface area contributed by atoms with E-state index in [2.05, 4.69) is 36.2 Å². The van der Waals surface area contributed by atoms with Gasteiger partial charge in [-0.15, -0.1) is 0 Å². The van der Waals surface area contributed by atoms with E-state index in [0.29, 0.717) is 12.5 Å². The second-order valence-corrected chi connectivity index (χ2v) is 5.83. The van der Waals surface area contributed by atoms with Gasteiger partial charge in [-0.05, 0) is 69.2 Å². The quantitative estimate of drug-likeness (QED) is 0.762. The number of likely N-dealkylation sites (N-methyl/N-ethyl adjacent to an activating group) is 1. The zero-order chi connectivity index (χ0) is 13.5. The molecule has 0 heterocycles. The van der Waals surface area contributed by atoms with E-state index >= 15 is 0 Å². The summed E-state index contributed by atoms with van der Waals surface area (Å²) >= 11 is 0. The molecule has 0 fully saturated rings. The molecule has 0 radical (unpaired) electrons. The number of benzene rings is 1. The van der Waals surface area contributed by atoms with E-state index in [1.807, 2.05) is 0 Å². The molecule has 106 valence electrons. The Morgan fingerprint density at radius 2 is 2.05 bits per heavy atom. The number of aliphatic hydroxyl groups is 1. The summed E-state index contributed by atoms with van der Waals surface area (Å²) < 4.78 is 0. The van der Waals surface area contributed by atoms with E-state index in [9.17, 15) is 0 Å². The smallest absolute Gasteiger partial charge is 0.0431 e. The van der Waals surface area contributed by atoms with E-state index in [0.717, 1.165) is 19.4 Å². The second-order valence-electron chi connectivity index (χ2n) is 5.83. The van der Waals surface area contributed by atoms with Gasteiger partial charge in [0, 0.05) is 13.2 Å². The van der Waals surface area contributed by atoms with Gasteiger partial charge in [0.1, 0.15) is 0 Å². The van der Waals surface area contributed by atoms with Crippen molar-refractivity contribution >= 4 is 0 Å². The number of aliphatic hydroxyl groups excluding tert-OH is 1. The van der Waals surface area contributed by atoms with Gasteiger partial charge in [0.25, 0.3) is 0 Å². The highest BCUT2D eigenvalue weighted by atomic mass is 16.2. The molecule has 19 heavy (non-hydrogen) atoms. The Balaban J connectivity index is 1.83. The van der Waals surface area contributed by atoms with Gasteiger partial charge in [0.2, 0.25) is 0 Å². The molecule has 1 aliphatic carbocycles. The number of rotatable bonds is 7. The minimum absolute atomic E-state index is 0.333. The molecule has 0 spiro atoms. The average molecular weight is 261 g/mol. The van der Waals surface area contributed by atoms with Crippen molar-refractivity contribution in [2.24, 2.45) is 0 Å². The lowest BCUT2D eigenvalue weighted by molar-refractivity contribution is 0.265. The lowest BCUT2D eigenvalue weighted by atomic mass is 9.82. The Kier molecular flexibility index (Phi) is 5.87. The van der Waals surface area contributed by atoms with Crippen LogP contribution in [0.4, 0.5) is 0 Å². The van der Waals surface area contributed by atoms with Gasteiger partial charge in [-0.3, -0.25) is 0 Å². The van der Waals surface area contributed by atoms with Crippen LogP contribution in [0.3, 0.4) is 0 Å². The lowest BCUT2D eigenvalue weighted by Gasteiger charge is -2.29.